The molecule has 0 heterocycles. The Balaban J connectivity index is 0.00000103. The fourth-order valence-corrected chi connectivity index (χ4v) is 20.3. The Labute approximate surface area is 320 Å². The molecule has 0 aliphatic heterocycles. The smallest absolute Gasteiger partial charge is 0.112 e. The van der Waals surface area contributed by atoms with E-state index < -0.39 is 8.07 Å². The van der Waals surface area contributed by atoms with Crippen molar-refractivity contribution in [2.75, 3.05) is 0 Å². The predicted octanol–water partition coefficient (Wildman–Crippen LogP) is 11.3. The molecule has 0 aliphatic rings. The first-order valence-electron chi connectivity index (χ1n) is 18.0. The van der Waals surface area contributed by atoms with E-state index in [4.69, 9.17) is 0 Å². The Hall–Kier alpha value is -2.04. The van der Waals surface area contributed by atoms with Gasteiger partial charge in [0, 0.05) is 17.1 Å². The molecule has 50 heavy (non-hydrogen) atoms. The van der Waals surface area contributed by atoms with Crippen molar-refractivity contribution in [2.24, 2.45) is 0 Å². The molecule has 0 aromatic heterocycles. The van der Waals surface area contributed by atoms with Gasteiger partial charge in [-0.3, -0.25) is 0 Å². The zero-order valence-corrected chi connectivity index (χ0v) is 36.8. The van der Waals surface area contributed by atoms with Crippen molar-refractivity contribution in [2.45, 2.75) is 116 Å². The molecule has 0 aliphatic carbocycles. The third-order valence-electron chi connectivity index (χ3n) is 9.63. The third kappa shape index (κ3) is 10.1. The summed E-state index contributed by atoms with van der Waals surface area (Å²) < 4.78 is 0. The normalized spacial score (nSPS) is 12.8. The van der Waals surface area contributed by atoms with Crippen LogP contribution in [0.3, 0.4) is 0 Å². The summed E-state index contributed by atoms with van der Waals surface area (Å²) in [5.74, 6) is 0. The van der Waals surface area contributed by atoms with Gasteiger partial charge in [0.2, 0.25) is 0 Å². The number of benzene rings is 3. The minimum Gasteiger partial charge on any atom is -0.748 e. The van der Waals surface area contributed by atoms with Gasteiger partial charge in [-0.15, -0.1) is 13.5 Å². The molecule has 0 spiro atoms. The van der Waals surface area contributed by atoms with Gasteiger partial charge < -0.3 is 30.3 Å². The van der Waals surface area contributed by atoms with E-state index in [0.717, 1.165) is 0 Å². The average molecular weight is 761 g/mol. The standard InChI is InChI=1S/C41H57P2Si.C5H5.Fe/c1-38(2,3)42(39(4,5)6)30-32-28-29-37(36(32)31-43(40(7,8)9)41(10,11)12)44(33-22-16-13-17-23-33,34-24-18-14-19-25-34)35-26-20-15-21-27-35;1-2-4-5-3-1;/h13-29H,30-31H2,1-12H3;1-5H;/q-1;-5;. The van der Waals surface area contributed by atoms with Crippen molar-refractivity contribution in [3.63, 3.8) is 0 Å². The van der Waals surface area contributed by atoms with Crippen LogP contribution in [0, 0.1) is 0 Å². The molecule has 0 bridgehead atoms. The van der Waals surface area contributed by atoms with E-state index in [1.165, 1.54) is 27.9 Å². The van der Waals surface area contributed by atoms with E-state index >= 15 is 0 Å². The second-order valence-electron chi connectivity index (χ2n) is 17.4. The van der Waals surface area contributed by atoms with E-state index in [1.54, 1.807) is 16.3 Å². The molecule has 0 saturated carbocycles. The van der Waals surface area contributed by atoms with E-state index in [9.17, 15) is 0 Å². The fourth-order valence-electron chi connectivity index (χ4n) is 7.89. The third-order valence-corrected chi connectivity index (χ3v) is 22.3. The molecule has 0 amide bonds. The first kappa shape index (κ1) is 42.4. The predicted molar refractivity (Wildman–Crippen MR) is 228 cm³/mol. The quantitative estimate of drug-likeness (QED) is 0.0640. The number of hydrogen-bond acceptors (Lipinski definition) is 0. The summed E-state index contributed by atoms with van der Waals surface area (Å²) in [6, 6.07) is 49.7. The molecular weight excluding hydrogens is 698 g/mol. The fraction of sp³-hybridized carbons (Fsp3) is 0.391. The Morgan fingerprint density at radius 2 is 0.800 bits per heavy atom. The molecule has 0 N–H and O–H groups in total. The second kappa shape index (κ2) is 17.2. The summed E-state index contributed by atoms with van der Waals surface area (Å²) in [7, 11) is -3.24. The minimum absolute atomic E-state index is 0. The summed E-state index contributed by atoms with van der Waals surface area (Å²) in [6.45, 7) is 29.8. The Kier molecular flexibility index (Phi) is 14.6. The molecule has 0 atom stereocenters. The van der Waals surface area contributed by atoms with Crippen LogP contribution in [0.1, 0.15) is 94.2 Å². The molecule has 4 heteroatoms. The minimum atomic E-state index is -2.63. The van der Waals surface area contributed by atoms with E-state index in [1.807, 2.05) is 30.3 Å². The maximum atomic E-state index is 2.58. The molecular formula is C46H62FeP2Si-6. The largest absolute Gasteiger partial charge is 0.748 e. The van der Waals surface area contributed by atoms with Crippen LogP contribution in [-0.2, 0) is 29.4 Å². The van der Waals surface area contributed by atoms with Gasteiger partial charge in [0.05, 0.1) is 0 Å². The molecule has 0 fully saturated rings. The number of hydrogen-bond donors (Lipinski definition) is 0. The van der Waals surface area contributed by atoms with Gasteiger partial charge in [-0.05, 0) is 26.8 Å². The van der Waals surface area contributed by atoms with Crippen LogP contribution >= 0.6 is 15.8 Å². The average Bonchev–Trinajstić information content (AvgIpc) is 3.73. The van der Waals surface area contributed by atoms with E-state index in [-0.39, 0.29) is 53.5 Å². The van der Waals surface area contributed by atoms with Crippen LogP contribution < -0.4 is 20.7 Å². The van der Waals surface area contributed by atoms with Gasteiger partial charge in [-0.25, -0.2) is 6.07 Å². The van der Waals surface area contributed by atoms with Crippen LogP contribution in [0.4, 0.5) is 0 Å². The summed E-state index contributed by atoms with van der Waals surface area (Å²) in [6.07, 6.45) is 2.34. The zero-order valence-electron chi connectivity index (χ0n) is 32.9. The van der Waals surface area contributed by atoms with Crippen LogP contribution in [0.25, 0.3) is 0 Å². The van der Waals surface area contributed by atoms with Crippen LogP contribution in [0.2, 0.25) is 0 Å². The van der Waals surface area contributed by atoms with Crippen molar-refractivity contribution in [3.8, 4) is 0 Å². The summed E-state index contributed by atoms with van der Waals surface area (Å²) >= 11 is 0. The first-order chi connectivity index (χ1) is 22.9. The maximum Gasteiger partial charge on any atom is 0.112 e. The van der Waals surface area contributed by atoms with Crippen molar-refractivity contribution in [3.05, 3.63) is 145 Å². The number of rotatable bonds is 8. The molecule has 5 aromatic rings. The SMILES string of the molecule is CC(C)(C)P(Cc1c([Si](c2ccccc2)(c2ccccc2)c2ccccc2)cc[c-]1CP(C(C)(C)C)C(C)(C)C)C(C)(C)C.[Fe].[cH-]1[cH-][cH-][cH-][cH-]1. The van der Waals surface area contributed by atoms with Crippen molar-refractivity contribution >= 4 is 44.7 Å². The maximum absolute atomic E-state index is 2.63. The zero-order chi connectivity index (χ0) is 36.1. The monoisotopic (exact) mass is 760 g/mol. The van der Waals surface area contributed by atoms with Gasteiger partial charge in [-0.2, -0.15) is 16.8 Å². The molecule has 5 aromatic carbocycles. The second-order valence-corrected chi connectivity index (χ2v) is 28.9. The summed E-state index contributed by atoms with van der Waals surface area (Å²) in [5.41, 5.74) is 3.27. The van der Waals surface area contributed by atoms with Crippen molar-refractivity contribution < 1.29 is 17.1 Å². The molecule has 0 nitrogen and oxygen atoms in total. The van der Waals surface area contributed by atoms with Gasteiger partial charge in [0.1, 0.15) is 8.07 Å². The van der Waals surface area contributed by atoms with E-state index in [0.29, 0.717) is 0 Å². The summed E-state index contributed by atoms with van der Waals surface area (Å²) in [5, 5.41) is 7.06. The van der Waals surface area contributed by atoms with Crippen LogP contribution in [0.15, 0.2) is 133 Å². The first-order valence-corrected chi connectivity index (χ1v) is 23.1. The molecule has 0 unspecified atom stereocenters. The Bertz CT molecular complexity index is 1540. The van der Waals surface area contributed by atoms with Crippen molar-refractivity contribution in [1.82, 2.24) is 0 Å². The summed E-state index contributed by atoms with van der Waals surface area (Å²) in [4.78, 5) is 0. The topological polar surface area (TPSA) is 0 Å². The molecule has 0 saturated heterocycles. The Morgan fingerprint density at radius 3 is 1.10 bits per heavy atom. The van der Waals surface area contributed by atoms with E-state index in [2.05, 4.69) is 186 Å². The van der Waals surface area contributed by atoms with Crippen LogP contribution in [0.5, 0.6) is 0 Å². The van der Waals surface area contributed by atoms with Crippen molar-refractivity contribution in [1.29, 1.82) is 0 Å². The molecule has 0 radical (unpaired) electrons. The van der Waals surface area contributed by atoms with Gasteiger partial charge in [0.25, 0.3) is 0 Å². The van der Waals surface area contributed by atoms with Gasteiger partial charge in [0.15, 0.2) is 0 Å². The van der Waals surface area contributed by atoms with Crippen LogP contribution in [-0.4, -0.2) is 28.7 Å². The van der Waals surface area contributed by atoms with Gasteiger partial charge >= 0.3 is 0 Å². The van der Waals surface area contributed by atoms with Gasteiger partial charge in [-0.1, -0.05) is 204 Å². The Morgan fingerprint density at radius 1 is 0.480 bits per heavy atom. The molecule has 274 valence electrons. The molecule has 5 rings (SSSR count).